The number of aryl methyl sites for hydroxylation is 1. The van der Waals surface area contributed by atoms with E-state index >= 15 is 0 Å². The van der Waals surface area contributed by atoms with E-state index in [2.05, 4.69) is 4.99 Å². The van der Waals surface area contributed by atoms with Gasteiger partial charge >= 0.3 is 0 Å². The summed E-state index contributed by atoms with van der Waals surface area (Å²) in [6.07, 6.45) is 0. The number of carbonyl (C=O) groups excluding carboxylic acids is 1. The summed E-state index contributed by atoms with van der Waals surface area (Å²) < 4.78 is 15.2. The number of amides is 1. The highest BCUT2D eigenvalue weighted by Crippen LogP contribution is 2.34. The standard InChI is InChI=1S/C21H17FN4O2S/c1-12-3-8-16-15(9-12)17(19(27)24(16)2)18-20(28)26-11-25(10-23-21(26)29-18)14-6-4-13(22)5-7-14/h3-9H,10-11H2,1-2H3. The van der Waals surface area contributed by atoms with Crippen molar-refractivity contribution in [1.29, 1.82) is 0 Å². The number of rotatable bonds is 1. The van der Waals surface area contributed by atoms with Crippen LogP contribution >= 0.6 is 11.3 Å². The maximum absolute atomic E-state index is 13.2. The van der Waals surface area contributed by atoms with Gasteiger partial charge in [-0.15, -0.1) is 0 Å². The molecule has 0 fully saturated rings. The molecule has 1 aromatic heterocycles. The van der Waals surface area contributed by atoms with E-state index in [4.69, 9.17) is 0 Å². The van der Waals surface area contributed by atoms with Crippen LogP contribution in [0.5, 0.6) is 0 Å². The fraction of sp³-hybridized carbons (Fsp3) is 0.190. The lowest BCUT2D eigenvalue weighted by molar-refractivity contribution is -0.112. The number of halogens is 1. The molecule has 2 aromatic carbocycles. The summed E-state index contributed by atoms with van der Waals surface area (Å²) in [5.41, 5.74) is 3.60. The number of likely N-dealkylation sites (N-methyl/N-ethyl adjacent to an activating group) is 1. The molecule has 0 aliphatic carbocycles. The first kappa shape index (κ1) is 17.8. The second-order valence-electron chi connectivity index (χ2n) is 7.16. The van der Waals surface area contributed by atoms with Crippen molar-refractivity contribution in [2.24, 2.45) is 4.99 Å². The van der Waals surface area contributed by atoms with Crippen molar-refractivity contribution in [3.63, 3.8) is 0 Å². The highest BCUT2D eigenvalue weighted by molar-refractivity contribution is 7.07. The Kier molecular flexibility index (Phi) is 3.92. The zero-order valence-electron chi connectivity index (χ0n) is 15.8. The van der Waals surface area contributed by atoms with Crippen LogP contribution < -0.4 is 24.7 Å². The fourth-order valence-electron chi connectivity index (χ4n) is 3.73. The number of hydrogen-bond acceptors (Lipinski definition) is 5. The van der Waals surface area contributed by atoms with E-state index in [0.717, 1.165) is 22.5 Å². The lowest BCUT2D eigenvalue weighted by atomic mass is 10.1. The minimum absolute atomic E-state index is 0.183. The number of anilines is 2. The third kappa shape index (κ3) is 2.71. The summed E-state index contributed by atoms with van der Waals surface area (Å²) in [5, 5.41) is 0. The van der Waals surface area contributed by atoms with Gasteiger partial charge in [0, 0.05) is 18.3 Å². The Morgan fingerprint density at radius 1 is 1.10 bits per heavy atom. The zero-order valence-corrected chi connectivity index (χ0v) is 16.7. The van der Waals surface area contributed by atoms with Crippen LogP contribution in [0.4, 0.5) is 15.8 Å². The number of carbonyl (C=O) groups is 1. The average molecular weight is 408 g/mol. The summed E-state index contributed by atoms with van der Waals surface area (Å²) >= 11 is 1.25. The van der Waals surface area contributed by atoms with Crippen LogP contribution in [0.15, 0.2) is 52.3 Å². The first-order valence-corrected chi connectivity index (χ1v) is 9.94. The molecular weight excluding hydrogens is 391 g/mol. The Balaban J connectivity index is 1.67. The van der Waals surface area contributed by atoms with E-state index in [1.807, 2.05) is 30.0 Å². The van der Waals surface area contributed by atoms with Crippen LogP contribution in [0.1, 0.15) is 11.1 Å². The van der Waals surface area contributed by atoms with E-state index in [0.29, 0.717) is 28.2 Å². The van der Waals surface area contributed by atoms with Gasteiger partial charge in [-0.3, -0.25) is 14.2 Å². The van der Waals surface area contributed by atoms with Crippen LogP contribution in [0.2, 0.25) is 0 Å². The minimum atomic E-state index is -0.312. The number of hydrogen-bond donors (Lipinski definition) is 0. The van der Waals surface area contributed by atoms with Crippen molar-refractivity contribution >= 4 is 34.2 Å². The molecular formula is C21H17FN4O2S. The Labute approximate surface area is 169 Å². The second-order valence-corrected chi connectivity index (χ2v) is 8.14. The molecule has 8 heteroatoms. The molecule has 0 radical (unpaired) electrons. The predicted octanol–water partition coefficient (Wildman–Crippen LogP) is 1.59. The van der Waals surface area contributed by atoms with E-state index in [1.54, 1.807) is 28.6 Å². The average Bonchev–Trinajstić information content (AvgIpc) is 3.16. The van der Waals surface area contributed by atoms with Crippen LogP contribution in [-0.2, 0) is 11.5 Å². The molecule has 3 aromatic rings. The van der Waals surface area contributed by atoms with E-state index in [-0.39, 0.29) is 17.3 Å². The normalized spacial score (nSPS) is 17.3. The van der Waals surface area contributed by atoms with E-state index < -0.39 is 0 Å². The first-order chi connectivity index (χ1) is 13.9. The highest BCUT2D eigenvalue weighted by atomic mass is 32.1. The summed E-state index contributed by atoms with van der Waals surface area (Å²) in [7, 11) is 1.72. The molecule has 2 aliphatic rings. The molecule has 1 amide bonds. The number of nitrogens with zero attached hydrogens (tertiary/aromatic N) is 4. The molecule has 0 saturated carbocycles. The van der Waals surface area contributed by atoms with Gasteiger partial charge in [0.05, 0.1) is 11.3 Å². The van der Waals surface area contributed by atoms with Gasteiger partial charge in [0.2, 0.25) is 0 Å². The maximum Gasteiger partial charge on any atom is 0.272 e. The van der Waals surface area contributed by atoms with Crippen LogP contribution in [-0.4, -0.2) is 24.2 Å². The molecule has 0 spiro atoms. The van der Waals surface area contributed by atoms with Crippen molar-refractivity contribution < 1.29 is 9.18 Å². The van der Waals surface area contributed by atoms with Crippen molar-refractivity contribution in [2.45, 2.75) is 13.6 Å². The molecule has 0 unspecified atom stereocenters. The second kappa shape index (κ2) is 6.38. The SMILES string of the molecule is Cc1ccc2c(c1)C(=c1sc3n(c1=O)CN(c1ccc(F)cc1)CN=3)C(=O)N2C. The number of benzene rings is 2. The third-order valence-electron chi connectivity index (χ3n) is 5.27. The molecule has 2 aliphatic heterocycles. The number of aromatic nitrogens is 1. The summed E-state index contributed by atoms with van der Waals surface area (Å²) in [4.78, 5) is 34.7. The molecule has 29 heavy (non-hydrogen) atoms. The van der Waals surface area contributed by atoms with Crippen molar-refractivity contribution in [3.05, 3.63) is 79.1 Å². The summed E-state index contributed by atoms with van der Waals surface area (Å²) in [6.45, 7) is 2.63. The largest absolute Gasteiger partial charge is 0.334 e. The smallest absolute Gasteiger partial charge is 0.272 e. The molecule has 6 nitrogen and oxygen atoms in total. The maximum atomic E-state index is 13.2. The molecule has 0 N–H and O–H groups in total. The van der Waals surface area contributed by atoms with Gasteiger partial charge in [0.15, 0.2) is 4.80 Å². The predicted molar refractivity (Wildman–Crippen MR) is 110 cm³/mol. The number of thiazole rings is 1. The van der Waals surface area contributed by atoms with Crippen molar-refractivity contribution in [1.82, 2.24) is 4.57 Å². The van der Waals surface area contributed by atoms with Gasteiger partial charge < -0.3 is 9.80 Å². The van der Waals surface area contributed by atoms with Gasteiger partial charge in [-0.25, -0.2) is 9.38 Å². The first-order valence-electron chi connectivity index (χ1n) is 9.12. The quantitative estimate of drug-likeness (QED) is 0.615. The van der Waals surface area contributed by atoms with Gasteiger partial charge in [-0.2, -0.15) is 0 Å². The van der Waals surface area contributed by atoms with Crippen LogP contribution in [0, 0.1) is 12.7 Å². The monoisotopic (exact) mass is 408 g/mol. The minimum Gasteiger partial charge on any atom is -0.334 e. The Bertz CT molecular complexity index is 1340. The Hall–Kier alpha value is -3.26. The molecule has 146 valence electrons. The van der Waals surface area contributed by atoms with Gasteiger partial charge in [0.25, 0.3) is 11.5 Å². The molecule has 0 saturated heterocycles. The molecule has 3 heterocycles. The Morgan fingerprint density at radius 3 is 2.62 bits per heavy atom. The Morgan fingerprint density at radius 2 is 1.86 bits per heavy atom. The third-order valence-corrected chi connectivity index (χ3v) is 6.39. The molecule has 0 atom stereocenters. The van der Waals surface area contributed by atoms with E-state index in [1.165, 1.54) is 23.5 Å². The van der Waals surface area contributed by atoms with Crippen LogP contribution in [0.25, 0.3) is 5.57 Å². The van der Waals surface area contributed by atoms with Gasteiger partial charge in [0.1, 0.15) is 23.7 Å². The van der Waals surface area contributed by atoms with Crippen molar-refractivity contribution in [2.75, 3.05) is 23.5 Å². The van der Waals surface area contributed by atoms with Crippen molar-refractivity contribution in [3.8, 4) is 0 Å². The summed E-state index contributed by atoms with van der Waals surface area (Å²) in [6, 6.07) is 11.9. The topological polar surface area (TPSA) is 57.9 Å². The molecule has 5 rings (SSSR count). The lowest BCUT2D eigenvalue weighted by Gasteiger charge is -2.25. The highest BCUT2D eigenvalue weighted by Gasteiger charge is 2.32. The van der Waals surface area contributed by atoms with Gasteiger partial charge in [-0.1, -0.05) is 23.0 Å². The molecule has 0 bridgehead atoms. The fourth-order valence-corrected chi connectivity index (χ4v) is 4.78. The number of fused-ring (bicyclic) bond motifs is 2. The van der Waals surface area contributed by atoms with E-state index in [9.17, 15) is 14.0 Å². The van der Waals surface area contributed by atoms with Crippen LogP contribution in [0.3, 0.4) is 0 Å². The summed E-state index contributed by atoms with van der Waals surface area (Å²) in [5.74, 6) is -0.495. The lowest BCUT2D eigenvalue weighted by Crippen LogP contribution is -2.43. The zero-order chi connectivity index (χ0) is 20.3. The van der Waals surface area contributed by atoms with Gasteiger partial charge in [-0.05, 0) is 43.3 Å².